The van der Waals surface area contributed by atoms with Crippen molar-refractivity contribution in [3.05, 3.63) is 34.3 Å². The zero-order chi connectivity index (χ0) is 19.3. The highest BCUT2D eigenvalue weighted by Crippen LogP contribution is 2.24. The number of carbonyl (C=O) groups is 2. The molecule has 1 unspecified atom stereocenters. The Hall–Kier alpha value is -2.10. The van der Waals surface area contributed by atoms with Crippen LogP contribution in [0.1, 0.15) is 33.0 Å². The van der Waals surface area contributed by atoms with Crippen molar-refractivity contribution in [2.75, 3.05) is 45.9 Å². The molecule has 0 N–H and O–H groups in total. The molecule has 2 aliphatic rings. The summed E-state index contributed by atoms with van der Waals surface area (Å²) in [5.41, 5.74) is 0.353. The minimum Gasteiger partial charge on any atom is -0.379 e. The molecule has 8 nitrogen and oxygen atoms in total. The zero-order valence-electron chi connectivity index (χ0n) is 15.8. The molecular formula is C19H25N5O3S. The van der Waals surface area contributed by atoms with Gasteiger partial charge in [0.05, 0.1) is 30.8 Å². The van der Waals surface area contributed by atoms with Crippen LogP contribution in [-0.2, 0) is 11.3 Å². The van der Waals surface area contributed by atoms with E-state index < -0.39 is 0 Å². The molecule has 0 spiro atoms. The van der Waals surface area contributed by atoms with Gasteiger partial charge >= 0.3 is 0 Å². The van der Waals surface area contributed by atoms with E-state index in [0.29, 0.717) is 25.3 Å². The molecule has 2 fully saturated rings. The Balaban J connectivity index is 1.33. The number of aromatic nitrogens is 3. The molecule has 0 aliphatic carbocycles. The Labute approximate surface area is 168 Å². The molecule has 0 saturated carbocycles. The van der Waals surface area contributed by atoms with Crippen molar-refractivity contribution in [3.63, 3.8) is 0 Å². The molecule has 2 aromatic heterocycles. The van der Waals surface area contributed by atoms with Gasteiger partial charge in [-0.05, 0) is 24.3 Å². The lowest BCUT2D eigenvalue weighted by atomic mass is 9.93. The highest BCUT2D eigenvalue weighted by molar-refractivity contribution is 7.12. The van der Waals surface area contributed by atoms with Crippen molar-refractivity contribution in [2.45, 2.75) is 19.4 Å². The summed E-state index contributed by atoms with van der Waals surface area (Å²) in [6.07, 6.45) is 3.37. The number of ketones is 1. The van der Waals surface area contributed by atoms with Crippen LogP contribution in [0.3, 0.4) is 0 Å². The van der Waals surface area contributed by atoms with E-state index in [0.717, 1.165) is 50.6 Å². The Kier molecular flexibility index (Phi) is 6.13. The maximum atomic E-state index is 12.8. The first kappa shape index (κ1) is 19.2. The van der Waals surface area contributed by atoms with Crippen LogP contribution in [0.2, 0.25) is 0 Å². The second-order valence-corrected chi connectivity index (χ2v) is 8.20. The van der Waals surface area contributed by atoms with Crippen molar-refractivity contribution >= 4 is 23.0 Å². The highest BCUT2D eigenvalue weighted by atomic mass is 32.1. The van der Waals surface area contributed by atoms with Gasteiger partial charge < -0.3 is 9.64 Å². The fourth-order valence-corrected chi connectivity index (χ4v) is 4.48. The maximum absolute atomic E-state index is 12.8. The Morgan fingerprint density at radius 2 is 2.07 bits per heavy atom. The third-order valence-corrected chi connectivity index (χ3v) is 6.23. The number of likely N-dealkylation sites (tertiary alicyclic amines) is 1. The Morgan fingerprint density at radius 1 is 1.21 bits per heavy atom. The highest BCUT2D eigenvalue weighted by Gasteiger charge is 2.30. The van der Waals surface area contributed by atoms with Gasteiger partial charge in [-0.3, -0.25) is 19.2 Å². The number of carbonyl (C=O) groups excluding carboxylic acids is 2. The van der Waals surface area contributed by atoms with Crippen LogP contribution in [0.25, 0.3) is 0 Å². The van der Waals surface area contributed by atoms with Crippen LogP contribution >= 0.6 is 11.3 Å². The van der Waals surface area contributed by atoms with Gasteiger partial charge in [0.1, 0.15) is 0 Å². The third kappa shape index (κ3) is 4.48. The first-order valence-electron chi connectivity index (χ1n) is 9.78. The lowest BCUT2D eigenvalue weighted by Crippen LogP contribution is -2.42. The molecule has 9 heteroatoms. The first-order valence-corrected chi connectivity index (χ1v) is 10.7. The molecule has 0 aromatic carbocycles. The van der Waals surface area contributed by atoms with E-state index in [-0.39, 0.29) is 17.6 Å². The fourth-order valence-electron chi connectivity index (χ4n) is 3.73. The van der Waals surface area contributed by atoms with Crippen LogP contribution in [0.15, 0.2) is 23.7 Å². The van der Waals surface area contributed by atoms with E-state index in [9.17, 15) is 9.59 Å². The van der Waals surface area contributed by atoms with Gasteiger partial charge in [-0.25, -0.2) is 0 Å². The number of piperidine rings is 1. The molecular weight excluding hydrogens is 378 g/mol. The molecule has 2 saturated heterocycles. The van der Waals surface area contributed by atoms with Crippen molar-refractivity contribution in [1.82, 2.24) is 24.8 Å². The monoisotopic (exact) mass is 403 g/mol. The van der Waals surface area contributed by atoms with Crippen LogP contribution in [0.5, 0.6) is 0 Å². The number of Topliss-reactive ketones (excluding diaryl/α,β-unsaturated/α-hetero) is 1. The summed E-state index contributed by atoms with van der Waals surface area (Å²) in [6.45, 7) is 6.05. The normalized spacial score (nSPS) is 21.0. The SMILES string of the molecule is O=C(c1cccs1)C1CCCN(C(=O)c2cn(CCN3CCOCC3)nn2)C1. The quantitative estimate of drug-likeness (QED) is 0.679. The van der Waals surface area contributed by atoms with E-state index in [4.69, 9.17) is 4.74 Å². The van der Waals surface area contributed by atoms with Gasteiger partial charge in [-0.2, -0.15) is 0 Å². The maximum Gasteiger partial charge on any atom is 0.276 e. The van der Waals surface area contributed by atoms with E-state index in [1.807, 2.05) is 17.5 Å². The van der Waals surface area contributed by atoms with E-state index in [1.54, 1.807) is 15.8 Å². The molecule has 28 heavy (non-hydrogen) atoms. The summed E-state index contributed by atoms with van der Waals surface area (Å²) in [5, 5.41) is 10.1. The number of nitrogens with zero attached hydrogens (tertiary/aromatic N) is 5. The molecule has 0 radical (unpaired) electrons. The van der Waals surface area contributed by atoms with Crippen LogP contribution in [0, 0.1) is 5.92 Å². The summed E-state index contributed by atoms with van der Waals surface area (Å²) < 4.78 is 7.08. The summed E-state index contributed by atoms with van der Waals surface area (Å²) in [7, 11) is 0. The van der Waals surface area contributed by atoms with Crippen molar-refractivity contribution in [1.29, 1.82) is 0 Å². The molecule has 150 valence electrons. The molecule has 0 bridgehead atoms. The zero-order valence-corrected chi connectivity index (χ0v) is 16.6. The second kappa shape index (κ2) is 8.93. The molecule has 2 aliphatic heterocycles. The van der Waals surface area contributed by atoms with Crippen molar-refractivity contribution < 1.29 is 14.3 Å². The van der Waals surface area contributed by atoms with E-state index in [2.05, 4.69) is 15.2 Å². The number of morpholine rings is 1. The largest absolute Gasteiger partial charge is 0.379 e. The lowest BCUT2D eigenvalue weighted by Gasteiger charge is -2.31. The molecule has 4 rings (SSSR count). The van der Waals surface area contributed by atoms with E-state index >= 15 is 0 Å². The third-order valence-electron chi connectivity index (χ3n) is 5.35. The average molecular weight is 404 g/mol. The Bertz CT molecular complexity index is 800. The lowest BCUT2D eigenvalue weighted by molar-refractivity contribution is 0.0359. The Morgan fingerprint density at radius 3 is 2.86 bits per heavy atom. The summed E-state index contributed by atoms with van der Waals surface area (Å²) >= 11 is 1.46. The molecule has 1 atom stereocenters. The first-order chi connectivity index (χ1) is 13.7. The van der Waals surface area contributed by atoms with Crippen molar-refractivity contribution in [2.24, 2.45) is 5.92 Å². The number of amides is 1. The molecule has 1 amide bonds. The number of thiophene rings is 1. The number of hydrogen-bond donors (Lipinski definition) is 0. The average Bonchev–Trinajstić information content (AvgIpc) is 3.44. The van der Waals surface area contributed by atoms with Gasteiger partial charge in [0.25, 0.3) is 5.91 Å². The molecule has 2 aromatic rings. The second-order valence-electron chi connectivity index (χ2n) is 7.25. The number of rotatable bonds is 6. The summed E-state index contributed by atoms with van der Waals surface area (Å²) in [5.74, 6) is -0.129. The van der Waals surface area contributed by atoms with Gasteiger partial charge in [0.15, 0.2) is 11.5 Å². The minimum atomic E-state index is -0.138. The van der Waals surface area contributed by atoms with Gasteiger partial charge in [0.2, 0.25) is 0 Å². The summed E-state index contributed by atoms with van der Waals surface area (Å²) in [6, 6.07) is 3.74. The van der Waals surface area contributed by atoms with Crippen LogP contribution in [0.4, 0.5) is 0 Å². The van der Waals surface area contributed by atoms with Crippen molar-refractivity contribution in [3.8, 4) is 0 Å². The topological polar surface area (TPSA) is 80.6 Å². The van der Waals surface area contributed by atoms with E-state index in [1.165, 1.54) is 11.3 Å². The smallest absolute Gasteiger partial charge is 0.276 e. The van der Waals surface area contributed by atoms with Gasteiger partial charge in [-0.15, -0.1) is 16.4 Å². The molecule has 4 heterocycles. The van der Waals surface area contributed by atoms with Crippen LogP contribution < -0.4 is 0 Å². The predicted octanol–water partition coefficient (Wildman–Crippen LogP) is 1.41. The van der Waals surface area contributed by atoms with Gasteiger partial charge in [0, 0.05) is 38.6 Å². The predicted molar refractivity (Wildman–Crippen MR) is 105 cm³/mol. The summed E-state index contributed by atoms with van der Waals surface area (Å²) in [4.78, 5) is 30.3. The van der Waals surface area contributed by atoms with Gasteiger partial charge in [-0.1, -0.05) is 11.3 Å². The number of hydrogen-bond acceptors (Lipinski definition) is 7. The number of ether oxygens (including phenoxy) is 1. The fraction of sp³-hybridized carbons (Fsp3) is 0.579. The minimum absolute atomic E-state index is 0.132. The standard InChI is InChI=1S/C19H25N5O3S/c25-18(17-4-2-12-28-17)15-3-1-5-23(13-15)19(26)16-14-24(21-20-16)7-6-22-8-10-27-11-9-22/h2,4,12,14-15H,1,3,5-11,13H2. The van der Waals surface area contributed by atoms with Crippen LogP contribution in [-0.4, -0.2) is 82.4 Å².